The van der Waals surface area contributed by atoms with E-state index in [1.54, 1.807) is 0 Å². The lowest BCUT2D eigenvalue weighted by molar-refractivity contribution is 0.627. The minimum Gasteiger partial charge on any atom is -0.207 e. The second-order valence-electron chi connectivity index (χ2n) is 3.85. The standard InChI is InChI=1S/C14H19F/c1-3-5-12(6-4-2)11-13-7-9-14(15)10-8-13/h7-11H,3-6H2,1-2H3. The molecule has 0 bridgehead atoms. The van der Waals surface area contributed by atoms with E-state index in [0.717, 1.165) is 18.4 Å². The zero-order chi connectivity index (χ0) is 11.1. The summed E-state index contributed by atoms with van der Waals surface area (Å²) in [6, 6.07) is 6.70. The molecule has 0 amide bonds. The molecular weight excluding hydrogens is 187 g/mol. The highest BCUT2D eigenvalue weighted by molar-refractivity contribution is 5.52. The van der Waals surface area contributed by atoms with Crippen molar-refractivity contribution in [2.24, 2.45) is 0 Å². The first-order valence-electron chi connectivity index (χ1n) is 5.71. The lowest BCUT2D eigenvalue weighted by atomic mass is 10.0. The molecule has 0 fully saturated rings. The van der Waals surface area contributed by atoms with Crippen molar-refractivity contribution >= 4 is 6.08 Å². The molecule has 15 heavy (non-hydrogen) atoms. The van der Waals surface area contributed by atoms with Crippen LogP contribution in [0.3, 0.4) is 0 Å². The van der Waals surface area contributed by atoms with Gasteiger partial charge in [-0.15, -0.1) is 0 Å². The van der Waals surface area contributed by atoms with Crippen LogP contribution in [-0.2, 0) is 0 Å². The van der Waals surface area contributed by atoms with Crippen LogP contribution in [0, 0.1) is 5.82 Å². The van der Waals surface area contributed by atoms with Crippen molar-refractivity contribution in [2.45, 2.75) is 39.5 Å². The SMILES string of the molecule is CCCC(=Cc1ccc(F)cc1)CCC. The summed E-state index contributed by atoms with van der Waals surface area (Å²) in [5.41, 5.74) is 2.57. The molecule has 0 atom stereocenters. The number of rotatable bonds is 5. The van der Waals surface area contributed by atoms with E-state index in [9.17, 15) is 4.39 Å². The number of hydrogen-bond acceptors (Lipinski definition) is 0. The van der Waals surface area contributed by atoms with Crippen LogP contribution in [0.2, 0.25) is 0 Å². The van der Waals surface area contributed by atoms with E-state index >= 15 is 0 Å². The molecule has 1 aromatic carbocycles. The summed E-state index contributed by atoms with van der Waals surface area (Å²) in [6.45, 7) is 4.38. The smallest absolute Gasteiger partial charge is 0.123 e. The van der Waals surface area contributed by atoms with E-state index in [0.29, 0.717) is 0 Å². The second kappa shape index (κ2) is 6.39. The molecule has 0 aliphatic rings. The highest BCUT2D eigenvalue weighted by Gasteiger charge is 1.96. The molecule has 82 valence electrons. The second-order valence-corrected chi connectivity index (χ2v) is 3.85. The molecule has 0 aliphatic heterocycles. The van der Waals surface area contributed by atoms with Gasteiger partial charge < -0.3 is 0 Å². The van der Waals surface area contributed by atoms with Crippen molar-refractivity contribution < 1.29 is 4.39 Å². The van der Waals surface area contributed by atoms with E-state index in [1.165, 1.54) is 30.5 Å². The van der Waals surface area contributed by atoms with Gasteiger partial charge in [-0.1, -0.05) is 50.5 Å². The molecule has 0 aromatic heterocycles. The molecular formula is C14H19F. The van der Waals surface area contributed by atoms with Crippen LogP contribution >= 0.6 is 0 Å². The van der Waals surface area contributed by atoms with Crippen LogP contribution in [0.4, 0.5) is 4.39 Å². The first kappa shape index (κ1) is 12.0. The Balaban J connectivity index is 2.76. The molecule has 0 unspecified atom stereocenters. The molecule has 0 heterocycles. The van der Waals surface area contributed by atoms with Gasteiger partial charge in [0, 0.05) is 0 Å². The van der Waals surface area contributed by atoms with E-state index < -0.39 is 0 Å². The topological polar surface area (TPSA) is 0 Å². The van der Waals surface area contributed by atoms with E-state index in [-0.39, 0.29) is 5.82 Å². The van der Waals surface area contributed by atoms with Crippen molar-refractivity contribution in [1.82, 2.24) is 0 Å². The minimum absolute atomic E-state index is 0.167. The Hall–Kier alpha value is -1.11. The fourth-order valence-electron chi connectivity index (χ4n) is 1.71. The number of hydrogen-bond donors (Lipinski definition) is 0. The molecule has 0 saturated carbocycles. The molecule has 0 aliphatic carbocycles. The Kier molecular flexibility index (Phi) is 5.09. The van der Waals surface area contributed by atoms with Gasteiger partial charge in [-0.2, -0.15) is 0 Å². The Morgan fingerprint density at radius 1 is 1.07 bits per heavy atom. The van der Waals surface area contributed by atoms with E-state index in [4.69, 9.17) is 0 Å². The summed E-state index contributed by atoms with van der Waals surface area (Å²) in [5, 5.41) is 0. The number of benzene rings is 1. The maximum atomic E-state index is 12.7. The Morgan fingerprint density at radius 2 is 1.60 bits per heavy atom. The van der Waals surface area contributed by atoms with E-state index in [1.807, 2.05) is 12.1 Å². The zero-order valence-corrected chi connectivity index (χ0v) is 9.59. The van der Waals surface area contributed by atoms with Gasteiger partial charge in [0.05, 0.1) is 0 Å². The normalized spacial score (nSPS) is 10.1. The molecule has 1 rings (SSSR count). The van der Waals surface area contributed by atoms with Crippen molar-refractivity contribution in [3.63, 3.8) is 0 Å². The lowest BCUT2D eigenvalue weighted by Crippen LogP contribution is -1.84. The van der Waals surface area contributed by atoms with Crippen molar-refractivity contribution in [3.05, 3.63) is 41.2 Å². The third kappa shape index (κ3) is 4.28. The minimum atomic E-state index is -0.167. The average Bonchev–Trinajstić information content (AvgIpc) is 2.22. The maximum Gasteiger partial charge on any atom is 0.123 e. The molecule has 1 heteroatoms. The van der Waals surface area contributed by atoms with E-state index in [2.05, 4.69) is 19.9 Å². The number of allylic oxidation sites excluding steroid dienone is 1. The summed E-state index contributed by atoms with van der Waals surface area (Å²) >= 11 is 0. The first-order valence-corrected chi connectivity index (χ1v) is 5.71. The third-order valence-electron chi connectivity index (χ3n) is 2.38. The lowest BCUT2D eigenvalue weighted by Gasteiger charge is -2.04. The summed E-state index contributed by atoms with van der Waals surface area (Å²) in [4.78, 5) is 0. The number of halogens is 1. The highest BCUT2D eigenvalue weighted by Crippen LogP contribution is 2.16. The fraction of sp³-hybridized carbons (Fsp3) is 0.429. The van der Waals surface area contributed by atoms with Crippen LogP contribution < -0.4 is 0 Å². The Labute approximate surface area is 91.8 Å². The van der Waals surface area contributed by atoms with Crippen LogP contribution in [0.25, 0.3) is 6.08 Å². The molecule has 0 saturated heterocycles. The summed E-state index contributed by atoms with van der Waals surface area (Å²) in [5.74, 6) is -0.167. The van der Waals surface area contributed by atoms with Gasteiger partial charge in [-0.25, -0.2) is 4.39 Å². The van der Waals surface area contributed by atoms with Crippen LogP contribution in [0.5, 0.6) is 0 Å². The van der Waals surface area contributed by atoms with Gasteiger partial charge in [0.25, 0.3) is 0 Å². The van der Waals surface area contributed by atoms with Gasteiger partial charge in [0.2, 0.25) is 0 Å². The monoisotopic (exact) mass is 206 g/mol. The Bertz CT molecular complexity index is 301. The van der Waals surface area contributed by atoms with Gasteiger partial charge in [0.15, 0.2) is 0 Å². The largest absolute Gasteiger partial charge is 0.207 e. The molecule has 0 N–H and O–H groups in total. The fourth-order valence-corrected chi connectivity index (χ4v) is 1.71. The van der Waals surface area contributed by atoms with Crippen LogP contribution in [0.15, 0.2) is 29.8 Å². The molecule has 1 aromatic rings. The van der Waals surface area contributed by atoms with Crippen LogP contribution in [-0.4, -0.2) is 0 Å². The van der Waals surface area contributed by atoms with Crippen molar-refractivity contribution in [3.8, 4) is 0 Å². The Morgan fingerprint density at radius 3 is 2.07 bits per heavy atom. The predicted molar refractivity (Wildman–Crippen MR) is 64.2 cm³/mol. The summed E-state index contributed by atoms with van der Waals surface area (Å²) in [6.07, 6.45) is 6.82. The maximum absolute atomic E-state index is 12.7. The first-order chi connectivity index (χ1) is 7.26. The van der Waals surface area contributed by atoms with Crippen LogP contribution in [0.1, 0.15) is 45.1 Å². The van der Waals surface area contributed by atoms with Gasteiger partial charge >= 0.3 is 0 Å². The summed E-state index contributed by atoms with van der Waals surface area (Å²) in [7, 11) is 0. The van der Waals surface area contributed by atoms with Crippen molar-refractivity contribution in [1.29, 1.82) is 0 Å². The molecule has 0 spiro atoms. The molecule has 0 nitrogen and oxygen atoms in total. The summed E-state index contributed by atoms with van der Waals surface area (Å²) < 4.78 is 12.7. The van der Waals surface area contributed by atoms with Gasteiger partial charge in [-0.3, -0.25) is 0 Å². The third-order valence-corrected chi connectivity index (χ3v) is 2.38. The van der Waals surface area contributed by atoms with Gasteiger partial charge in [0.1, 0.15) is 5.82 Å². The zero-order valence-electron chi connectivity index (χ0n) is 9.59. The molecule has 0 radical (unpaired) electrons. The van der Waals surface area contributed by atoms with Gasteiger partial charge in [-0.05, 0) is 30.5 Å². The average molecular weight is 206 g/mol. The quantitative estimate of drug-likeness (QED) is 0.648. The van der Waals surface area contributed by atoms with Crippen molar-refractivity contribution in [2.75, 3.05) is 0 Å². The predicted octanol–water partition coefficient (Wildman–Crippen LogP) is 4.81. The highest BCUT2D eigenvalue weighted by atomic mass is 19.1.